The Hall–Kier alpha value is -0.460. The Morgan fingerprint density at radius 1 is 1.77 bits per heavy atom. The van der Waals surface area contributed by atoms with Gasteiger partial charge in [0.15, 0.2) is 3.95 Å². The summed E-state index contributed by atoms with van der Waals surface area (Å²) in [5.41, 5.74) is 0. The lowest BCUT2D eigenvalue weighted by Crippen LogP contribution is -2.16. The van der Waals surface area contributed by atoms with E-state index in [-0.39, 0.29) is 0 Å². The molecule has 0 aromatic carbocycles. The first kappa shape index (κ1) is 10.6. The van der Waals surface area contributed by atoms with Gasteiger partial charge in [0, 0.05) is 19.8 Å². The predicted octanol–water partition coefficient (Wildman–Crippen LogP) is 2.04. The highest BCUT2D eigenvalue weighted by atomic mass is 32.1. The summed E-state index contributed by atoms with van der Waals surface area (Å²) >= 11 is 6.35. The number of methoxy groups -OCH3 is 1. The standard InChI is InChI=1S/C7H13N3OS2/c1-5(3-4-11-2)8-6-9-10-7(12)13-6/h5H,3-4H2,1-2H3,(H,8,9)(H,10,12). The van der Waals surface area contributed by atoms with Crippen molar-refractivity contribution in [2.24, 2.45) is 0 Å². The van der Waals surface area contributed by atoms with E-state index in [0.717, 1.165) is 18.2 Å². The molecule has 0 fully saturated rings. The monoisotopic (exact) mass is 219 g/mol. The van der Waals surface area contributed by atoms with Gasteiger partial charge in [-0.3, -0.25) is 5.10 Å². The Morgan fingerprint density at radius 2 is 2.54 bits per heavy atom. The quantitative estimate of drug-likeness (QED) is 0.744. The molecule has 1 heterocycles. The van der Waals surface area contributed by atoms with E-state index < -0.39 is 0 Å². The second kappa shape index (κ2) is 5.31. The number of hydrogen-bond donors (Lipinski definition) is 2. The molecule has 0 bridgehead atoms. The second-order valence-corrected chi connectivity index (χ2v) is 4.41. The summed E-state index contributed by atoms with van der Waals surface area (Å²) in [4.78, 5) is 0. The SMILES string of the molecule is COCCC(C)Nc1n[nH]c(=S)s1. The Morgan fingerprint density at radius 3 is 3.08 bits per heavy atom. The van der Waals surface area contributed by atoms with Crippen molar-refractivity contribution in [2.75, 3.05) is 19.0 Å². The van der Waals surface area contributed by atoms with Crippen LogP contribution in [0.4, 0.5) is 5.13 Å². The van der Waals surface area contributed by atoms with E-state index in [2.05, 4.69) is 22.4 Å². The van der Waals surface area contributed by atoms with E-state index in [1.807, 2.05) is 0 Å². The predicted molar refractivity (Wildman–Crippen MR) is 56.9 cm³/mol. The third-order valence-electron chi connectivity index (χ3n) is 1.56. The Bertz CT molecular complexity index is 296. The Labute approximate surface area is 86.3 Å². The third-order valence-corrected chi connectivity index (χ3v) is 2.58. The molecule has 1 aromatic rings. The van der Waals surface area contributed by atoms with Gasteiger partial charge in [-0.2, -0.15) is 0 Å². The van der Waals surface area contributed by atoms with Gasteiger partial charge >= 0.3 is 0 Å². The zero-order chi connectivity index (χ0) is 9.68. The molecule has 0 radical (unpaired) electrons. The Balaban J connectivity index is 2.36. The highest BCUT2D eigenvalue weighted by molar-refractivity contribution is 7.73. The molecular weight excluding hydrogens is 206 g/mol. The number of aromatic amines is 1. The first-order chi connectivity index (χ1) is 6.22. The summed E-state index contributed by atoms with van der Waals surface area (Å²) in [5, 5.41) is 10.8. The third kappa shape index (κ3) is 3.84. The lowest BCUT2D eigenvalue weighted by molar-refractivity contribution is 0.191. The number of H-pyrrole nitrogens is 1. The van der Waals surface area contributed by atoms with Crippen LogP contribution in [0, 0.1) is 3.95 Å². The number of rotatable bonds is 5. The number of nitrogens with zero attached hydrogens (tertiary/aromatic N) is 1. The molecule has 0 amide bonds. The molecule has 6 heteroatoms. The van der Waals surface area contributed by atoms with Crippen LogP contribution in [0.25, 0.3) is 0 Å². The van der Waals surface area contributed by atoms with Crippen LogP contribution < -0.4 is 5.32 Å². The minimum atomic E-state index is 0.355. The van der Waals surface area contributed by atoms with E-state index in [4.69, 9.17) is 17.0 Å². The van der Waals surface area contributed by atoms with Gasteiger partial charge in [0.2, 0.25) is 5.13 Å². The van der Waals surface area contributed by atoms with Crippen LogP contribution in [0.3, 0.4) is 0 Å². The summed E-state index contributed by atoms with van der Waals surface area (Å²) < 4.78 is 5.67. The molecule has 74 valence electrons. The van der Waals surface area contributed by atoms with Gasteiger partial charge in [-0.15, -0.1) is 5.10 Å². The minimum Gasteiger partial charge on any atom is -0.385 e. The molecule has 1 rings (SSSR count). The normalized spacial score (nSPS) is 12.8. The van der Waals surface area contributed by atoms with E-state index in [1.165, 1.54) is 11.3 Å². The second-order valence-electron chi connectivity index (χ2n) is 2.75. The van der Waals surface area contributed by atoms with Crippen LogP contribution in [0.5, 0.6) is 0 Å². The van der Waals surface area contributed by atoms with Crippen molar-refractivity contribution < 1.29 is 4.74 Å². The molecule has 0 saturated carbocycles. The highest BCUT2D eigenvalue weighted by Gasteiger charge is 2.03. The summed E-state index contributed by atoms with van der Waals surface area (Å²) in [5.74, 6) is 0. The van der Waals surface area contributed by atoms with Crippen molar-refractivity contribution in [1.29, 1.82) is 0 Å². The van der Waals surface area contributed by atoms with Crippen molar-refractivity contribution in [3.05, 3.63) is 3.95 Å². The van der Waals surface area contributed by atoms with E-state index >= 15 is 0 Å². The van der Waals surface area contributed by atoms with Gasteiger partial charge < -0.3 is 10.1 Å². The molecule has 2 N–H and O–H groups in total. The summed E-state index contributed by atoms with van der Waals surface area (Å²) in [6.45, 7) is 2.84. The van der Waals surface area contributed by atoms with Crippen molar-refractivity contribution in [2.45, 2.75) is 19.4 Å². The molecule has 1 unspecified atom stereocenters. The largest absolute Gasteiger partial charge is 0.385 e. The molecule has 13 heavy (non-hydrogen) atoms. The smallest absolute Gasteiger partial charge is 0.204 e. The molecule has 0 aliphatic rings. The Kier molecular flexibility index (Phi) is 4.34. The first-order valence-corrected chi connectivity index (χ1v) is 5.26. The molecule has 0 aliphatic heterocycles. The molecule has 1 aromatic heterocycles. The van der Waals surface area contributed by atoms with Gasteiger partial charge in [0.1, 0.15) is 0 Å². The van der Waals surface area contributed by atoms with Crippen LogP contribution in [0.15, 0.2) is 0 Å². The topological polar surface area (TPSA) is 49.9 Å². The van der Waals surface area contributed by atoms with Crippen molar-refractivity contribution in [3.8, 4) is 0 Å². The van der Waals surface area contributed by atoms with Crippen LogP contribution >= 0.6 is 23.6 Å². The average Bonchev–Trinajstić information content (AvgIpc) is 2.48. The van der Waals surface area contributed by atoms with Crippen LogP contribution in [0.2, 0.25) is 0 Å². The fourth-order valence-corrected chi connectivity index (χ4v) is 1.77. The molecule has 4 nitrogen and oxygen atoms in total. The maximum absolute atomic E-state index is 4.97. The van der Waals surface area contributed by atoms with Gasteiger partial charge in [-0.05, 0) is 25.6 Å². The zero-order valence-corrected chi connectivity index (χ0v) is 9.30. The van der Waals surface area contributed by atoms with Crippen LogP contribution in [0.1, 0.15) is 13.3 Å². The number of hydrogen-bond acceptors (Lipinski definition) is 5. The minimum absolute atomic E-state index is 0.355. The molecule has 0 aliphatic carbocycles. The fourth-order valence-electron chi connectivity index (χ4n) is 0.869. The molecule has 0 saturated heterocycles. The van der Waals surface area contributed by atoms with E-state index in [9.17, 15) is 0 Å². The van der Waals surface area contributed by atoms with Crippen LogP contribution in [-0.4, -0.2) is 30.0 Å². The lowest BCUT2D eigenvalue weighted by Gasteiger charge is -2.10. The maximum atomic E-state index is 4.97. The van der Waals surface area contributed by atoms with Crippen LogP contribution in [-0.2, 0) is 4.74 Å². The maximum Gasteiger partial charge on any atom is 0.204 e. The fraction of sp³-hybridized carbons (Fsp3) is 0.714. The number of anilines is 1. The first-order valence-electron chi connectivity index (χ1n) is 4.03. The van der Waals surface area contributed by atoms with Crippen molar-refractivity contribution >= 4 is 28.7 Å². The van der Waals surface area contributed by atoms with Crippen molar-refractivity contribution in [1.82, 2.24) is 10.2 Å². The summed E-state index contributed by atoms with van der Waals surface area (Å²) in [7, 11) is 1.70. The number of nitrogens with one attached hydrogen (secondary N) is 2. The number of aromatic nitrogens is 2. The zero-order valence-electron chi connectivity index (χ0n) is 7.66. The summed E-state index contributed by atoms with van der Waals surface area (Å²) in [6, 6.07) is 0.355. The molecular formula is C7H13N3OS2. The molecule has 0 spiro atoms. The van der Waals surface area contributed by atoms with E-state index in [1.54, 1.807) is 7.11 Å². The molecule has 1 atom stereocenters. The van der Waals surface area contributed by atoms with Gasteiger partial charge in [0.25, 0.3) is 0 Å². The van der Waals surface area contributed by atoms with Gasteiger partial charge in [0.05, 0.1) is 0 Å². The van der Waals surface area contributed by atoms with Gasteiger partial charge in [-0.25, -0.2) is 0 Å². The van der Waals surface area contributed by atoms with Gasteiger partial charge in [-0.1, -0.05) is 11.3 Å². The van der Waals surface area contributed by atoms with Crippen molar-refractivity contribution in [3.63, 3.8) is 0 Å². The summed E-state index contributed by atoms with van der Waals surface area (Å²) in [6.07, 6.45) is 0.961. The number of ether oxygens (including phenoxy) is 1. The van der Waals surface area contributed by atoms with E-state index in [0.29, 0.717) is 10.00 Å². The lowest BCUT2D eigenvalue weighted by atomic mass is 10.2. The average molecular weight is 219 g/mol. The highest BCUT2D eigenvalue weighted by Crippen LogP contribution is 2.12.